The molecule has 1 heterocycles. The van der Waals surface area contributed by atoms with Crippen molar-refractivity contribution in [1.82, 2.24) is 0 Å². The number of allylic oxidation sites excluding steroid dienone is 2. The molecule has 2 rings (SSSR count). The van der Waals surface area contributed by atoms with Gasteiger partial charge in [-0.15, -0.1) is 0 Å². The summed E-state index contributed by atoms with van der Waals surface area (Å²) >= 11 is 0. The molecule has 9 nitrogen and oxygen atoms in total. The summed E-state index contributed by atoms with van der Waals surface area (Å²) in [5, 5.41) is 52.3. The fourth-order valence-corrected chi connectivity index (χ4v) is 3.03. The third-order valence-corrected chi connectivity index (χ3v) is 4.36. The number of carbonyl (C=O) groups is 1. The molecule has 5 atom stereocenters. The lowest BCUT2D eigenvalue weighted by Gasteiger charge is -2.38. The standard InChI is InChI=1S/C16H25NO8/c1-7(11-8(19)4-16(2,3)5-9(11)20)17-25-15-14(23)13(22)12(21)10(6-18)24-15/h10,12-15,18-19,21-23H,4-6H2,1-3H3/t10-,12-,13+,14-,15-/m1/s1. The van der Waals surface area contributed by atoms with Crippen LogP contribution in [-0.2, 0) is 14.4 Å². The van der Waals surface area contributed by atoms with Crippen molar-refractivity contribution in [1.29, 1.82) is 0 Å². The van der Waals surface area contributed by atoms with E-state index in [0.717, 1.165) is 0 Å². The van der Waals surface area contributed by atoms with Crippen LogP contribution in [0.5, 0.6) is 0 Å². The van der Waals surface area contributed by atoms with Gasteiger partial charge in [-0.2, -0.15) is 0 Å². The highest BCUT2D eigenvalue weighted by molar-refractivity contribution is 6.22. The van der Waals surface area contributed by atoms with Gasteiger partial charge in [0, 0.05) is 12.8 Å². The minimum Gasteiger partial charge on any atom is -0.511 e. The monoisotopic (exact) mass is 359 g/mol. The second kappa shape index (κ2) is 7.38. The highest BCUT2D eigenvalue weighted by Gasteiger charge is 2.45. The van der Waals surface area contributed by atoms with Crippen LogP contribution in [0.3, 0.4) is 0 Å². The topological polar surface area (TPSA) is 149 Å². The van der Waals surface area contributed by atoms with E-state index in [9.17, 15) is 25.2 Å². The van der Waals surface area contributed by atoms with Crippen LogP contribution in [0, 0.1) is 5.41 Å². The third kappa shape index (κ3) is 4.18. The summed E-state index contributed by atoms with van der Waals surface area (Å²) in [7, 11) is 0. The van der Waals surface area contributed by atoms with E-state index in [-0.39, 0.29) is 34.7 Å². The number of aliphatic hydroxyl groups is 5. The summed E-state index contributed by atoms with van der Waals surface area (Å²) in [6.07, 6.45) is -6.68. The molecule has 0 bridgehead atoms. The number of nitrogens with zero attached hydrogens (tertiary/aromatic N) is 1. The van der Waals surface area contributed by atoms with Gasteiger partial charge in [-0.25, -0.2) is 0 Å². The quantitative estimate of drug-likeness (QED) is 0.329. The number of carbonyl (C=O) groups excluding carboxylic acids is 1. The van der Waals surface area contributed by atoms with Crippen LogP contribution in [0.2, 0.25) is 0 Å². The molecule has 142 valence electrons. The highest BCUT2D eigenvalue weighted by Crippen LogP contribution is 2.36. The number of ether oxygens (including phenoxy) is 1. The maximum Gasteiger partial charge on any atom is 0.256 e. The predicted octanol–water partition coefficient (Wildman–Crippen LogP) is -0.620. The maximum atomic E-state index is 12.2. The Kier molecular flexibility index (Phi) is 5.85. The lowest BCUT2D eigenvalue weighted by Crippen LogP contribution is -2.58. The zero-order valence-corrected chi connectivity index (χ0v) is 14.4. The number of Topliss-reactive ketones (excluding diaryl/α,β-unsaturated/α-hetero) is 1. The summed E-state index contributed by atoms with van der Waals surface area (Å²) in [5.74, 6) is -0.354. The molecule has 2 aliphatic rings. The maximum absolute atomic E-state index is 12.2. The molecule has 1 saturated heterocycles. The molecule has 1 aliphatic heterocycles. The Balaban J connectivity index is 2.14. The number of rotatable bonds is 4. The van der Waals surface area contributed by atoms with Crippen LogP contribution in [0.1, 0.15) is 33.6 Å². The molecule has 1 fully saturated rings. The molecule has 0 amide bonds. The molecule has 0 aromatic carbocycles. The van der Waals surface area contributed by atoms with Crippen molar-refractivity contribution in [2.75, 3.05) is 6.61 Å². The van der Waals surface area contributed by atoms with Gasteiger partial charge in [0.1, 0.15) is 30.2 Å². The SMILES string of the molecule is CC(=NO[C@H]1O[C@H](CO)[C@@H](O)[C@H](O)[C@H]1O)C1=C(O)CC(C)(C)CC1=O. The molecule has 0 aromatic heterocycles. The van der Waals surface area contributed by atoms with Gasteiger partial charge in [-0.05, 0) is 12.3 Å². The average Bonchev–Trinajstić information content (AvgIpc) is 2.50. The highest BCUT2D eigenvalue weighted by atomic mass is 16.8. The summed E-state index contributed by atoms with van der Waals surface area (Å²) < 4.78 is 5.15. The fraction of sp³-hybridized carbons (Fsp3) is 0.750. The summed E-state index contributed by atoms with van der Waals surface area (Å²) in [6, 6.07) is 0. The normalized spacial score (nSPS) is 36.5. The third-order valence-electron chi connectivity index (χ3n) is 4.36. The number of hydrogen-bond donors (Lipinski definition) is 5. The van der Waals surface area contributed by atoms with E-state index in [0.29, 0.717) is 6.42 Å². The number of ketones is 1. The molecular weight excluding hydrogens is 334 g/mol. The molecule has 0 spiro atoms. The average molecular weight is 359 g/mol. The first-order chi connectivity index (χ1) is 11.6. The minimum absolute atomic E-state index is 0.0592. The molecule has 1 aliphatic carbocycles. The van der Waals surface area contributed by atoms with Crippen LogP contribution in [0.15, 0.2) is 16.5 Å². The van der Waals surface area contributed by atoms with Gasteiger partial charge in [0.15, 0.2) is 5.78 Å². The van der Waals surface area contributed by atoms with Crippen LogP contribution < -0.4 is 0 Å². The van der Waals surface area contributed by atoms with Crippen molar-refractivity contribution in [3.05, 3.63) is 11.3 Å². The molecule has 0 saturated carbocycles. The van der Waals surface area contributed by atoms with Gasteiger partial charge in [-0.1, -0.05) is 19.0 Å². The van der Waals surface area contributed by atoms with E-state index in [1.54, 1.807) is 0 Å². The van der Waals surface area contributed by atoms with Crippen molar-refractivity contribution >= 4 is 11.5 Å². The van der Waals surface area contributed by atoms with Crippen LogP contribution in [0.4, 0.5) is 0 Å². The van der Waals surface area contributed by atoms with E-state index >= 15 is 0 Å². The summed E-state index contributed by atoms with van der Waals surface area (Å²) in [4.78, 5) is 17.3. The summed E-state index contributed by atoms with van der Waals surface area (Å²) in [6.45, 7) is 4.61. The smallest absolute Gasteiger partial charge is 0.256 e. The summed E-state index contributed by atoms with van der Waals surface area (Å²) in [5.41, 5.74) is -0.179. The lowest BCUT2D eigenvalue weighted by molar-refractivity contribution is -0.301. The van der Waals surface area contributed by atoms with Crippen molar-refractivity contribution < 1.29 is 39.9 Å². The molecule has 5 N–H and O–H groups in total. The zero-order chi connectivity index (χ0) is 18.9. The molecule has 0 radical (unpaired) electrons. The molecule has 25 heavy (non-hydrogen) atoms. The molecule has 0 aromatic rings. The van der Waals surface area contributed by atoms with Gasteiger partial charge >= 0.3 is 0 Å². The van der Waals surface area contributed by atoms with E-state index in [1.165, 1.54) is 6.92 Å². The number of oxime groups is 1. The van der Waals surface area contributed by atoms with Gasteiger partial charge in [0.2, 0.25) is 0 Å². The second-order valence-corrected chi connectivity index (χ2v) is 7.24. The van der Waals surface area contributed by atoms with Gasteiger partial charge in [0.05, 0.1) is 17.9 Å². The van der Waals surface area contributed by atoms with Crippen molar-refractivity contribution in [2.45, 2.75) is 64.3 Å². The van der Waals surface area contributed by atoms with Crippen molar-refractivity contribution in [3.8, 4) is 0 Å². The molecule has 9 heteroatoms. The largest absolute Gasteiger partial charge is 0.511 e. The van der Waals surface area contributed by atoms with Crippen LogP contribution in [0.25, 0.3) is 0 Å². The number of aliphatic hydroxyl groups excluding tert-OH is 5. The first-order valence-corrected chi connectivity index (χ1v) is 8.04. The van der Waals surface area contributed by atoms with E-state index < -0.39 is 37.3 Å². The first-order valence-electron chi connectivity index (χ1n) is 8.04. The lowest BCUT2D eigenvalue weighted by atomic mass is 9.76. The Hall–Kier alpha value is -1.52. The second-order valence-electron chi connectivity index (χ2n) is 7.24. The predicted molar refractivity (Wildman–Crippen MR) is 85.6 cm³/mol. The van der Waals surface area contributed by atoms with Gasteiger partial charge < -0.3 is 35.1 Å². The fourth-order valence-electron chi connectivity index (χ4n) is 3.03. The van der Waals surface area contributed by atoms with Gasteiger partial charge in [-0.3, -0.25) is 4.79 Å². The first kappa shape index (κ1) is 19.8. The van der Waals surface area contributed by atoms with E-state index in [2.05, 4.69) is 5.16 Å². The molecular formula is C16H25NO8. The van der Waals surface area contributed by atoms with Crippen molar-refractivity contribution in [2.24, 2.45) is 10.6 Å². The van der Waals surface area contributed by atoms with Gasteiger partial charge in [0.25, 0.3) is 6.29 Å². The minimum atomic E-state index is -1.60. The van der Waals surface area contributed by atoms with Crippen molar-refractivity contribution in [3.63, 3.8) is 0 Å². The van der Waals surface area contributed by atoms with E-state index in [1.807, 2.05) is 13.8 Å². The Morgan fingerprint density at radius 1 is 1.24 bits per heavy atom. The Labute approximate surface area is 145 Å². The zero-order valence-electron chi connectivity index (χ0n) is 14.4. The Morgan fingerprint density at radius 2 is 1.88 bits per heavy atom. The van der Waals surface area contributed by atoms with Crippen LogP contribution >= 0.6 is 0 Å². The Morgan fingerprint density at radius 3 is 2.44 bits per heavy atom. The number of hydrogen-bond acceptors (Lipinski definition) is 9. The Bertz CT molecular complexity index is 583. The van der Waals surface area contributed by atoms with E-state index in [4.69, 9.17) is 14.7 Å². The van der Waals surface area contributed by atoms with Crippen LogP contribution in [-0.4, -0.2) is 74.3 Å². The molecule has 0 unspecified atom stereocenters.